The molecule has 0 aromatic carbocycles. The largest absolute Gasteiger partial charge is 0.396 e. The summed E-state index contributed by atoms with van der Waals surface area (Å²) in [7, 11) is 0. The number of hydrogen-bond donors (Lipinski definition) is 4. The van der Waals surface area contributed by atoms with Crippen LogP contribution >= 0.6 is 0 Å². The first-order valence-electron chi connectivity index (χ1n) is 18.3. The number of allylic oxidation sites excluding steroid dienone is 6. The van der Waals surface area contributed by atoms with Crippen LogP contribution in [0.15, 0.2) is 59.3 Å². The first-order valence-corrected chi connectivity index (χ1v) is 18.3. The highest BCUT2D eigenvalue weighted by atomic mass is 16.7. The number of rotatable bonds is 14. The van der Waals surface area contributed by atoms with Crippen molar-refractivity contribution in [1.82, 2.24) is 0 Å². The number of aliphatic hydroxyl groups is 4. The second-order valence-electron chi connectivity index (χ2n) is 15.1. The first-order chi connectivity index (χ1) is 22.9. The highest BCUT2D eigenvalue weighted by Crippen LogP contribution is 2.44. The van der Waals surface area contributed by atoms with Crippen LogP contribution in [0.5, 0.6) is 0 Å². The lowest BCUT2D eigenvalue weighted by atomic mass is 9.84. The van der Waals surface area contributed by atoms with Crippen molar-refractivity contribution in [2.75, 3.05) is 6.61 Å². The molecule has 0 radical (unpaired) electrons. The van der Waals surface area contributed by atoms with Gasteiger partial charge < -0.3 is 44.1 Å². The monoisotopic (exact) mass is 672 g/mol. The highest BCUT2D eigenvalue weighted by Gasteiger charge is 2.54. The molecular weight excluding hydrogens is 612 g/mol. The number of fused-ring (bicyclic) bond motifs is 1. The molecule has 0 aromatic heterocycles. The van der Waals surface area contributed by atoms with Gasteiger partial charge in [0.05, 0.1) is 61.0 Å². The van der Waals surface area contributed by atoms with Crippen molar-refractivity contribution in [3.63, 3.8) is 0 Å². The van der Waals surface area contributed by atoms with Crippen molar-refractivity contribution in [3.05, 3.63) is 59.3 Å². The second kappa shape index (κ2) is 17.0. The van der Waals surface area contributed by atoms with Crippen LogP contribution in [0.25, 0.3) is 0 Å². The molecule has 4 N–H and O–H groups in total. The van der Waals surface area contributed by atoms with Gasteiger partial charge in [-0.25, -0.2) is 0 Å². The lowest BCUT2D eigenvalue weighted by molar-refractivity contribution is -0.341. The molecule has 1 spiro atoms. The predicted molar refractivity (Wildman–Crippen MR) is 184 cm³/mol. The molecule has 4 saturated heterocycles. The van der Waals surface area contributed by atoms with Crippen LogP contribution in [0.2, 0.25) is 0 Å². The van der Waals surface area contributed by atoms with Gasteiger partial charge in [-0.15, -0.1) is 0 Å². The molecular formula is C39H60O9. The van der Waals surface area contributed by atoms with Gasteiger partial charge in [-0.1, -0.05) is 60.1 Å². The van der Waals surface area contributed by atoms with Crippen LogP contribution in [0.1, 0.15) is 98.8 Å². The summed E-state index contributed by atoms with van der Waals surface area (Å²) in [6.07, 6.45) is 17.6. The molecule has 0 aromatic rings. The van der Waals surface area contributed by atoms with Crippen LogP contribution in [0.3, 0.4) is 0 Å². The molecule has 0 aliphatic carbocycles. The molecule has 0 saturated carbocycles. The Hall–Kier alpha value is -1.66. The van der Waals surface area contributed by atoms with Gasteiger partial charge in [-0.3, -0.25) is 0 Å². The molecule has 4 fully saturated rings. The third-order valence-corrected chi connectivity index (χ3v) is 10.3. The molecule has 13 atom stereocenters. The van der Waals surface area contributed by atoms with Gasteiger partial charge in [0.1, 0.15) is 6.10 Å². The summed E-state index contributed by atoms with van der Waals surface area (Å²) in [5.41, 5.74) is 3.38. The summed E-state index contributed by atoms with van der Waals surface area (Å²) in [5.74, 6) is -0.847. The third kappa shape index (κ3) is 10.2. The Morgan fingerprint density at radius 3 is 2.58 bits per heavy atom. The smallest absolute Gasteiger partial charge is 0.191 e. The minimum absolute atomic E-state index is 0.00396. The molecule has 9 nitrogen and oxygen atoms in total. The molecule has 0 amide bonds. The van der Waals surface area contributed by atoms with Crippen LogP contribution in [0.4, 0.5) is 0 Å². The quantitative estimate of drug-likeness (QED) is 0.109. The fourth-order valence-corrected chi connectivity index (χ4v) is 8.00. The number of aliphatic hydroxyl groups excluding tert-OH is 4. The van der Waals surface area contributed by atoms with E-state index in [1.807, 2.05) is 44.2 Å². The maximum atomic E-state index is 11.4. The SMILES string of the molecule is CC(C)=C[C@@H](O)[C@H]1CC[C@H](C[C@@H]2CC(C)=C[C@]3(C[C@H](O)[C@@H]4O[C@H](C[C@H](C)[C@H]5OC5CC/C=C/C(C)=C/C=C/CCO)[C@H](O)C[C@H]4O3)O2)O1. The van der Waals surface area contributed by atoms with E-state index in [1.165, 1.54) is 0 Å². The van der Waals surface area contributed by atoms with Crippen molar-refractivity contribution in [3.8, 4) is 0 Å². The van der Waals surface area contributed by atoms with Crippen LogP contribution in [-0.2, 0) is 23.7 Å². The normalized spacial score (nSPS) is 39.9. The van der Waals surface area contributed by atoms with Gasteiger partial charge in [0.15, 0.2) is 5.79 Å². The Morgan fingerprint density at radius 2 is 1.81 bits per heavy atom. The van der Waals surface area contributed by atoms with E-state index in [-0.39, 0.29) is 49.5 Å². The van der Waals surface area contributed by atoms with Crippen molar-refractivity contribution < 1.29 is 44.1 Å². The maximum absolute atomic E-state index is 11.4. The molecule has 9 heteroatoms. The summed E-state index contributed by atoms with van der Waals surface area (Å²) in [6.45, 7) is 10.4. The number of ether oxygens (including phenoxy) is 5. The van der Waals surface area contributed by atoms with E-state index in [0.717, 1.165) is 48.8 Å². The molecule has 5 aliphatic heterocycles. The molecule has 5 heterocycles. The van der Waals surface area contributed by atoms with Crippen LogP contribution in [0, 0.1) is 5.92 Å². The van der Waals surface area contributed by atoms with Crippen LogP contribution in [-0.4, -0.2) is 100.0 Å². The summed E-state index contributed by atoms with van der Waals surface area (Å²) in [6, 6.07) is 0. The topological polar surface area (TPSA) is 130 Å². The Bertz CT molecular complexity index is 1200. The summed E-state index contributed by atoms with van der Waals surface area (Å²) in [5, 5.41) is 41.9. The molecule has 0 bridgehead atoms. The van der Waals surface area contributed by atoms with Gasteiger partial charge in [0.25, 0.3) is 0 Å². The Morgan fingerprint density at radius 1 is 1.00 bits per heavy atom. The van der Waals surface area contributed by atoms with Crippen molar-refractivity contribution in [2.24, 2.45) is 5.92 Å². The Balaban J connectivity index is 1.08. The van der Waals surface area contributed by atoms with Gasteiger partial charge in [-0.2, -0.15) is 0 Å². The Labute approximate surface area is 287 Å². The zero-order chi connectivity index (χ0) is 34.4. The zero-order valence-corrected chi connectivity index (χ0v) is 29.6. The van der Waals surface area contributed by atoms with Crippen molar-refractivity contribution >= 4 is 0 Å². The van der Waals surface area contributed by atoms with Crippen molar-refractivity contribution in [1.29, 1.82) is 0 Å². The Kier molecular flexibility index (Phi) is 13.3. The van der Waals surface area contributed by atoms with E-state index in [4.69, 9.17) is 28.8 Å². The van der Waals surface area contributed by atoms with E-state index in [2.05, 4.69) is 32.9 Å². The molecule has 5 aliphatic rings. The summed E-state index contributed by atoms with van der Waals surface area (Å²) in [4.78, 5) is 0. The number of epoxide rings is 1. The standard InChI is InChI=1S/C39H60O9/c1-24(2)17-30(41)33-15-14-28(44-33)20-29-18-26(4)22-39(47-29)23-32(43)38-36(48-39)21-31(42)35(46-38)19-27(5)37-34(45-37)13-9-8-12-25(3)11-7-6-10-16-40/h6-8,11-12,17,22,27-38,40-43H,9-10,13-16,18-21,23H2,1-5H3/b7-6+,12-8+,25-11+/t27-,28+,29-,30+,31+,32-,33+,34?,35+,36+,37+,38-,39-/m0/s1. The highest BCUT2D eigenvalue weighted by molar-refractivity contribution is 5.21. The van der Waals surface area contributed by atoms with Gasteiger partial charge >= 0.3 is 0 Å². The summed E-state index contributed by atoms with van der Waals surface area (Å²) >= 11 is 0. The fraction of sp³-hybridized carbons (Fsp3) is 0.744. The molecule has 270 valence electrons. The second-order valence-corrected chi connectivity index (χ2v) is 15.1. The van der Waals surface area contributed by atoms with Crippen molar-refractivity contribution in [2.45, 2.75) is 172 Å². The van der Waals surface area contributed by atoms with E-state index < -0.39 is 42.4 Å². The average molecular weight is 673 g/mol. The van der Waals surface area contributed by atoms with Crippen LogP contribution < -0.4 is 0 Å². The fourth-order valence-electron chi connectivity index (χ4n) is 8.00. The van der Waals surface area contributed by atoms with Gasteiger partial charge in [0.2, 0.25) is 0 Å². The van der Waals surface area contributed by atoms with Gasteiger partial charge in [0, 0.05) is 25.9 Å². The third-order valence-electron chi connectivity index (χ3n) is 10.3. The zero-order valence-electron chi connectivity index (χ0n) is 29.6. The molecule has 48 heavy (non-hydrogen) atoms. The van der Waals surface area contributed by atoms with E-state index in [1.54, 1.807) is 0 Å². The maximum Gasteiger partial charge on any atom is 0.191 e. The lowest BCUT2D eigenvalue weighted by Gasteiger charge is -2.52. The average Bonchev–Trinajstić information content (AvgIpc) is 3.64. The van der Waals surface area contributed by atoms with E-state index in [0.29, 0.717) is 25.7 Å². The molecule has 1 unspecified atom stereocenters. The molecule has 5 rings (SSSR count). The van der Waals surface area contributed by atoms with Gasteiger partial charge in [-0.05, 0) is 84.6 Å². The minimum atomic E-state index is -1.06. The minimum Gasteiger partial charge on any atom is -0.396 e. The van der Waals surface area contributed by atoms with E-state index in [9.17, 15) is 15.3 Å². The summed E-state index contributed by atoms with van der Waals surface area (Å²) < 4.78 is 31.8. The lowest BCUT2D eigenvalue weighted by Crippen LogP contribution is -2.62. The predicted octanol–water partition coefficient (Wildman–Crippen LogP) is 5.37. The first kappa shape index (κ1) is 37.6. The van der Waals surface area contributed by atoms with E-state index >= 15 is 0 Å². The number of hydrogen-bond acceptors (Lipinski definition) is 9.